The van der Waals surface area contributed by atoms with Crippen LogP contribution in [-0.2, 0) is 6.54 Å². The minimum atomic E-state index is -1.51. The lowest BCUT2D eigenvalue weighted by Gasteiger charge is -1.93. The average Bonchev–Trinajstić information content (AvgIpc) is 2.34. The maximum atomic E-state index is 8.57. The summed E-state index contributed by atoms with van der Waals surface area (Å²) in [5.74, 6) is 0. The second-order valence-electron chi connectivity index (χ2n) is 1.87. The summed E-state index contributed by atoms with van der Waals surface area (Å²) in [7, 11) is 0. The number of aromatic nitrogens is 3. The van der Waals surface area contributed by atoms with Gasteiger partial charge in [0.25, 0.3) is 0 Å². The molecule has 0 amide bonds. The topological polar surface area (TPSA) is 71.2 Å². The molecule has 0 aliphatic heterocycles. The SMILES string of the molecule is CCn1cc(C(O)O)nn1. The molecular weight excluding hydrogens is 134 g/mol. The average molecular weight is 143 g/mol. The van der Waals surface area contributed by atoms with E-state index < -0.39 is 6.29 Å². The molecule has 0 atom stereocenters. The predicted octanol–water partition coefficient (Wildman–Crippen LogP) is -0.719. The second kappa shape index (κ2) is 2.76. The Morgan fingerprint density at radius 2 is 2.40 bits per heavy atom. The van der Waals surface area contributed by atoms with Crippen molar-refractivity contribution in [2.45, 2.75) is 19.8 Å². The van der Waals surface area contributed by atoms with Gasteiger partial charge in [0.15, 0.2) is 6.29 Å². The van der Waals surface area contributed by atoms with E-state index in [0.29, 0.717) is 6.54 Å². The van der Waals surface area contributed by atoms with Crippen LogP contribution in [0.2, 0.25) is 0 Å². The highest BCUT2D eigenvalue weighted by molar-refractivity contribution is 4.92. The maximum absolute atomic E-state index is 8.57. The lowest BCUT2D eigenvalue weighted by Crippen LogP contribution is -1.94. The van der Waals surface area contributed by atoms with Crippen LogP contribution in [0, 0.1) is 0 Å². The molecule has 0 radical (unpaired) electrons. The molecule has 0 saturated heterocycles. The van der Waals surface area contributed by atoms with Crippen molar-refractivity contribution in [3.8, 4) is 0 Å². The number of nitrogens with zero attached hydrogens (tertiary/aromatic N) is 3. The van der Waals surface area contributed by atoms with E-state index in [9.17, 15) is 0 Å². The number of aryl methyl sites for hydroxylation is 1. The first-order valence-electron chi connectivity index (χ1n) is 3.00. The summed E-state index contributed by atoms with van der Waals surface area (Å²) in [6, 6.07) is 0. The van der Waals surface area contributed by atoms with Crippen LogP contribution in [0.3, 0.4) is 0 Å². The van der Waals surface area contributed by atoms with Gasteiger partial charge in [0.2, 0.25) is 0 Å². The highest BCUT2D eigenvalue weighted by Gasteiger charge is 2.05. The van der Waals surface area contributed by atoms with Crippen LogP contribution in [0.1, 0.15) is 18.9 Å². The largest absolute Gasteiger partial charge is 0.363 e. The van der Waals surface area contributed by atoms with Crippen LogP contribution in [-0.4, -0.2) is 25.2 Å². The molecule has 0 fully saturated rings. The molecule has 1 rings (SSSR count). The van der Waals surface area contributed by atoms with Crippen molar-refractivity contribution in [1.82, 2.24) is 15.0 Å². The lowest BCUT2D eigenvalue weighted by atomic mass is 10.5. The zero-order valence-electron chi connectivity index (χ0n) is 5.60. The monoisotopic (exact) mass is 143 g/mol. The minimum Gasteiger partial charge on any atom is -0.363 e. The molecule has 0 aliphatic rings. The third-order valence-electron chi connectivity index (χ3n) is 1.14. The first-order chi connectivity index (χ1) is 4.74. The van der Waals surface area contributed by atoms with Gasteiger partial charge in [-0.2, -0.15) is 0 Å². The number of hydrogen-bond acceptors (Lipinski definition) is 4. The Bertz CT molecular complexity index is 208. The van der Waals surface area contributed by atoms with Crippen LogP contribution in [0.25, 0.3) is 0 Å². The summed E-state index contributed by atoms with van der Waals surface area (Å²) in [5, 5.41) is 24.2. The van der Waals surface area contributed by atoms with E-state index in [4.69, 9.17) is 10.2 Å². The fourth-order valence-electron chi connectivity index (χ4n) is 0.586. The van der Waals surface area contributed by atoms with Gasteiger partial charge in [0.05, 0.1) is 6.20 Å². The predicted molar refractivity (Wildman–Crippen MR) is 32.9 cm³/mol. The molecule has 0 aromatic carbocycles. The molecule has 56 valence electrons. The lowest BCUT2D eigenvalue weighted by molar-refractivity contribution is -0.0459. The molecule has 1 aromatic rings. The normalized spacial score (nSPS) is 10.8. The molecule has 1 aromatic heterocycles. The summed E-state index contributed by atoms with van der Waals surface area (Å²) in [4.78, 5) is 0. The maximum Gasteiger partial charge on any atom is 0.199 e. The third-order valence-corrected chi connectivity index (χ3v) is 1.14. The molecule has 1 heterocycles. The molecule has 0 saturated carbocycles. The second-order valence-corrected chi connectivity index (χ2v) is 1.87. The summed E-state index contributed by atoms with van der Waals surface area (Å²) in [6.45, 7) is 2.57. The van der Waals surface area contributed by atoms with E-state index in [1.54, 1.807) is 0 Å². The van der Waals surface area contributed by atoms with Crippen molar-refractivity contribution in [1.29, 1.82) is 0 Å². The molecule has 0 aliphatic carbocycles. The van der Waals surface area contributed by atoms with E-state index in [1.165, 1.54) is 10.9 Å². The fraction of sp³-hybridized carbons (Fsp3) is 0.600. The number of aliphatic hydroxyl groups excluding tert-OH is 1. The summed E-state index contributed by atoms with van der Waals surface area (Å²) in [6.07, 6.45) is -0.0229. The molecule has 2 N–H and O–H groups in total. The highest BCUT2D eigenvalue weighted by atomic mass is 16.5. The first kappa shape index (κ1) is 7.17. The van der Waals surface area contributed by atoms with Crippen molar-refractivity contribution >= 4 is 0 Å². The van der Waals surface area contributed by atoms with Gasteiger partial charge >= 0.3 is 0 Å². The van der Waals surface area contributed by atoms with Crippen molar-refractivity contribution in [3.63, 3.8) is 0 Å². The zero-order chi connectivity index (χ0) is 7.56. The van der Waals surface area contributed by atoms with Gasteiger partial charge in [-0.1, -0.05) is 5.21 Å². The Morgan fingerprint density at radius 3 is 2.70 bits per heavy atom. The summed E-state index contributed by atoms with van der Waals surface area (Å²) < 4.78 is 1.52. The Kier molecular flexibility index (Phi) is 1.98. The molecular formula is C5H9N3O2. The number of rotatable bonds is 2. The Hall–Kier alpha value is -0.940. The molecule has 10 heavy (non-hydrogen) atoms. The van der Waals surface area contributed by atoms with Gasteiger partial charge in [-0.05, 0) is 6.92 Å². The van der Waals surface area contributed by atoms with Crippen LogP contribution < -0.4 is 0 Å². The first-order valence-corrected chi connectivity index (χ1v) is 3.00. The van der Waals surface area contributed by atoms with E-state index in [-0.39, 0.29) is 5.69 Å². The van der Waals surface area contributed by atoms with Gasteiger partial charge in [-0.25, -0.2) is 0 Å². The van der Waals surface area contributed by atoms with Crippen molar-refractivity contribution < 1.29 is 10.2 Å². The fourth-order valence-corrected chi connectivity index (χ4v) is 0.586. The van der Waals surface area contributed by atoms with Crippen molar-refractivity contribution in [2.24, 2.45) is 0 Å². The Morgan fingerprint density at radius 1 is 1.70 bits per heavy atom. The van der Waals surface area contributed by atoms with Gasteiger partial charge in [0.1, 0.15) is 5.69 Å². The molecule has 0 spiro atoms. The van der Waals surface area contributed by atoms with E-state index in [1.807, 2.05) is 6.92 Å². The quantitative estimate of drug-likeness (QED) is 0.536. The van der Waals surface area contributed by atoms with Gasteiger partial charge in [-0.15, -0.1) is 5.10 Å². The standard InChI is InChI=1S/C5H9N3O2/c1-2-8-3-4(5(9)10)6-7-8/h3,5,9-10H,2H2,1H3. The van der Waals surface area contributed by atoms with Crippen molar-refractivity contribution in [2.75, 3.05) is 0 Å². The molecule has 5 heteroatoms. The van der Waals surface area contributed by atoms with E-state index in [2.05, 4.69) is 10.3 Å². The van der Waals surface area contributed by atoms with Crippen LogP contribution >= 0.6 is 0 Å². The third kappa shape index (κ3) is 1.31. The van der Waals surface area contributed by atoms with Gasteiger partial charge < -0.3 is 10.2 Å². The highest BCUT2D eigenvalue weighted by Crippen LogP contribution is 2.02. The van der Waals surface area contributed by atoms with Gasteiger partial charge in [0, 0.05) is 6.54 Å². The van der Waals surface area contributed by atoms with E-state index in [0.717, 1.165) is 0 Å². The Balaban J connectivity index is 2.78. The van der Waals surface area contributed by atoms with Crippen molar-refractivity contribution in [3.05, 3.63) is 11.9 Å². The van der Waals surface area contributed by atoms with Gasteiger partial charge in [-0.3, -0.25) is 4.68 Å². The van der Waals surface area contributed by atoms with E-state index >= 15 is 0 Å². The number of aliphatic hydroxyl groups is 2. The Labute approximate surface area is 57.9 Å². The molecule has 0 bridgehead atoms. The molecule has 0 unspecified atom stereocenters. The minimum absolute atomic E-state index is 0.182. The van der Waals surface area contributed by atoms with Crippen LogP contribution in [0.4, 0.5) is 0 Å². The summed E-state index contributed by atoms with van der Waals surface area (Å²) in [5.41, 5.74) is 0.182. The summed E-state index contributed by atoms with van der Waals surface area (Å²) >= 11 is 0. The zero-order valence-corrected chi connectivity index (χ0v) is 5.60. The molecule has 5 nitrogen and oxygen atoms in total. The van der Waals surface area contributed by atoms with Crippen LogP contribution in [0.15, 0.2) is 6.20 Å². The number of hydrogen-bond donors (Lipinski definition) is 2. The van der Waals surface area contributed by atoms with Crippen LogP contribution in [0.5, 0.6) is 0 Å². The smallest absolute Gasteiger partial charge is 0.199 e.